The molecule has 0 radical (unpaired) electrons. The number of benzene rings is 4. The van der Waals surface area contributed by atoms with Crippen molar-refractivity contribution in [2.24, 2.45) is 0 Å². The van der Waals surface area contributed by atoms with E-state index in [0.29, 0.717) is 46.7 Å². The molecule has 8 N–H and O–H groups in total. The third-order valence-electron chi connectivity index (χ3n) is 8.55. The van der Waals surface area contributed by atoms with Gasteiger partial charge in [0, 0.05) is 33.9 Å². The summed E-state index contributed by atoms with van der Waals surface area (Å²) < 4.78 is 29.2. The van der Waals surface area contributed by atoms with Gasteiger partial charge in [0.15, 0.2) is 0 Å². The lowest BCUT2D eigenvalue weighted by Crippen LogP contribution is -2.18. The molecule has 2 aliphatic carbocycles. The summed E-state index contributed by atoms with van der Waals surface area (Å²) in [5.74, 6) is 0. The van der Waals surface area contributed by atoms with E-state index < -0.39 is 9.84 Å². The van der Waals surface area contributed by atoms with Crippen LogP contribution in [0.4, 0.5) is 22.7 Å². The Balaban J connectivity index is 1.63. The number of anilines is 4. The molecule has 4 aromatic carbocycles. The van der Waals surface area contributed by atoms with Gasteiger partial charge in [-0.25, -0.2) is 8.42 Å². The second-order valence-corrected chi connectivity index (χ2v) is 12.4. The van der Waals surface area contributed by atoms with Gasteiger partial charge in [-0.1, -0.05) is 27.7 Å². The van der Waals surface area contributed by atoms with Crippen LogP contribution in [0.2, 0.25) is 0 Å². The number of aryl methyl sites for hydroxylation is 2. The van der Waals surface area contributed by atoms with Crippen LogP contribution < -0.4 is 22.9 Å². The van der Waals surface area contributed by atoms with Gasteiger partial charge in [-0.3, -0.25) is 0 Å². The molecule has 200 valence electrons. The fourth-order valence-electron chi connectivity index (χ4n) is 6.51. The fraction of sp³-hybridized carbons (Fsp3) is 0.250. The first-order valence-corrected chi connectivity index (χ1v) is 15.1. The minimum absolute atomic E-state index is 0.195. The minimum Gasteiger partial charge on any atom is -0.398 e. The average molecular weight is 539 g/mol. The van der Waals surface area contributed by atoms with Crippen LogP contribution in [0, 0.1) is 0 Å². The molecular formula is C32H34N4O2S. The highest BCUT2D eigenvalue weighted by molar-refractivity contribution is 7.91. The number of rotatable bonds is 6. The first-order chi connectivity index (χ1) is 18.6. The number of hydrogen-bond acceptors (Lipinski definition) is 6. The van der Waals surface area contributed by atoms with Gasteiger partial charge in [-0.05, 0) is 118 Å². The van der Waals surface area contributed by atoms with E-state index in [1.54, 1.807) is 12.1 Å². The zero-order chi connectivity index (χ0) is 28.0. The van der Waals surface area contributed by atoms with Gasteiger partial charge < -0.3 is 22.9 Å². The Labute approximate surface area is 229 Å². The zero-order valence-corrected chi connectivity index (χ0v) is 23.6. The number of fused-ring (bicyclic) bond motifs is 8. The summed E-state index contributed by atoms with van der Waals surface area (Å²) in [6.45, 7) is 8.19. The van der Waals surface area contributed by atoms with Crippen LogP contribution in [0.1, 0.15) is 49.9 Å². The summed E-state index contributed by atoms with van der Waals surface area (Å²) in [6, 6.07) is 11.2. The molecule has 0 saturated carbocycles. The van der Waals surface area contributed by atoms with Crippen LogP contribution in [0.25, 0.3) is 44.5 Å². The largest absolute Gasteiger partial charge is 0.398 e. The van der Waals surface area contributed by atoms with Gasteiger partial charge in [0.1, 0.15) is 0 Å². The smallest absolute Gasteiger partial charge is 0.208 e. The van der Waals surface area contributed by atoms with Gasteiger partial charge >= 0.3 is 0 Å². The molecule has 2 aliphatic rings. The highest BCUT2D eigenvalue weighted by atomic mass is 32.2. The number of hydrogen-bond donors (Lipinski definition) is 4. The molecule has 6 nitrogen and oxygen atoms in total. The maximum atomic E-state index is 14.6. The Kier molecular flexibility index (Phi) is 5.53. The van der Waals surface area contributed by atoms with Crippen molar-refractivity contribution in [3.05, 3.63) is 58.7 Å². The van der Waals surface area contributed by atoms with Crippen LogP contribution >= 0.6 is 0 Å². The van der Waals surface area contributed by atoms with E-state index in [0.717, 1.165) is 68.5 Å². The summed E-state index contributed by atoms with van der Waals surface area (Å²) in [5.41, 5.74) is 39.0. The second kappa shape index (κ2) is 8.52. The fourth-order valence-corrected chi connectivity index (χ4v) is 8.27. The molecule has 0 unspecified atom stereocenters. The predicted molar refractivity (Wildman–Crippen MR) is 162 cm³/mol. The van der Waals surface area contributed by atoms with E-state index in [1.165, 1.54) is 0 Å². The predicted octanol–water partition coefficient (Wildman–Crippen LogP) is 6.39. The van der Waals surface area contributed by atoms with E-state index in [9.17, 15) is 8.42 Å². The maximum Gasteiger partial charge on any atom is 0.208 e. The van der Waals surface area contributed by atoms with E-state index in [4.69, 9.17) is 22.9 Å². The molecule has 0 spiro atoms. The SMILES string of the molecule is CCc1cc2c(cc1N)-c1c(S(=O)(=O)c3cc(N)c(CC)c4c3-c3cc(N)c(CC)cc3-4)cc(N)c(CC)c1-2. The van der Waals surface area contributed by atoms with Crippen LogP contribution in [0.5, 0.6) is 0 Å². The Morgan fingerprint density at radius 3 is 1.18 bits per heavy atom. The normalized spacial score (nSPS) is 12.6. The molecule has 7 heteroatoms. The van der Waals surface area contributed by atoms with Gasteiger partial charge in [-0.15, -0.1) is 0 Å². The average Bonchev–Trinajstić information content (AvgIpc) is 2.90. The summed E-state index contributed by atoms with van der Waals surface area (Å²) in [7, 11) is -4.02. The van der Waals surface area contributed by atoms with Gasteiger partial charge in [-0.2, -0.15) is 0 Å². The highest BCUT2D eigenvalue weighted by Crippen LogP contribution is 2.59. The zero-order valence-electron chi connectivity index (χ0n) is 22.8. The molecule has 0 saturated heterocycles. The first-order valence-electron chi connectivity index (χ1n) is 13.6. The summed E-state index contributed by atoms with van der Waals surface area (Å²) in [5, 5.41) is 0. The van der Waals surface area contributed by atoms with E-state index in [1.807, 2.05) is 26.0 Å². The summed E-state index contributed by atoms with van der Waals surface area (Å²) in [6.07, 6.45) is 2.97. The van der Waals surface area contributed by atoms with E-state index in [2.05, 4.69) is 26.0 Å². The molecule has 0 heterocycles. The molecule has 39 heavy (non-hydrogen) atoms. The molecule has 0 aliphatic heterocycles. The standard InChI is InChI=1S/C32H34N4O2S/c1-5-15-9-19-21(11-23(15)33)31-27(13-25(35)17(7-3)29(19)31)39(37,38)28-14-26(36)18(8-4)30-20-10-16(6-2)24(34)12-22(20)32(28)30/h9-14H,5-8,33-36H2,1-4H3. The van der Waals surface area contributed by atoms with Crippen molar-refractivity contribution in [1.29, 1.82) is 0 Å². The number of nitrogens with two attached hydrogens (primary N) is 4. The lowest BCUT2D eigenvalue weighted by molar-refractivity contribution is 0.596. The second-order valence-electron chi connectivity index (χ2n) is 10.5. The van der Waals surface area contributed by atoms with Crippen molar-refractivity contribution in [3.8, 4) is 44.5 Å². The molecule has 0 aromatic heterocycles. The van der Waals surface area contributed by atoms with Crippen molar-refractivity contribution in [2.75, 3.05) is 22.9 Å². The van der Waals surface area contributed by atoms with E-state index >= 15 is 0 Å². The third-order valence-corrected chi connectivity index (χ3v) is 10.4. The van der Waals surface area contributed by atoms with Crippen molar-refractivity contribution >= 4 is 32.6 Å². The minimum atomic E-state index is -4.02. The van der Waals surface area contributed by atoms with Crippen molar-refractivity contribution in [2.45, 2.75) is 63.2 Å². The number of nitrogen functional groups attached to an aromatic ring is 4. The maximum absolute atomic E-state index is 14.6. The molecule has 0 atom stereocenters. The molecule has 6 rings (SSSR count). The van der Waals surface area contributed by atoms with Crippen LogP contribution in [-0.4, -0.2) is 8.42 Å². The van der Waals surface area contributed by atoms with Crippen molar-refractivity contribution in [1.82, 2.24) is 0 Å². The van der Waals surface area contributed by atoms with Gasteiger partial charge in [0.2, 0.25) is 9.84 Å². The van der Waals surface area contributed by atoms with E-state index in [-0.39, 0.29) is 9.79 Å². The molecule has 0 amide bonds. The van der Waals surface area contributed by atoms with Gasteiger partial charge in [0.25, 0.3) is 0 Å². The Hall–Kier alpha value is -3.97. The molecule has 0 bridgehead atoms. The van der Waals surface area contributed by atoms with Crippen LogP contribution in [-0.2, 0) is 35.5 Å². The topological polar surface area (TPSA) is 138 Å². The highest BCUT2D eigenvalue weighted by Gasteiger charge is 2.39. The monoisotopic (exact) mass is 538 g/mol. The van der Waals surface area contributed by atoms with Gasteiger partial charge in [0.05, 0.1) is 9.79 Å². The summed E-state index contributed by atoms with van der Waals surface area (Å²) in [4.78, 5) is 0.390. The van der Waals surface area contributed by atoms with Crippen LogP contribution in [0.15, 0.2) is 46.2 Å². The lowest BCUT2D eigenvalue weighted by atomic mass is 9.75. The van der Waals surface area contributed by atoms with Crippen molar-refractivity contribution in [3.63, 3.8) is 0 Å². The molecular weight excluding hydrogens is 504 g/mol. The number of sulfone groups is 1. The molecule has 0 fully saturated rings. The Bertz CT molecular complexity index is 1730. The molecule has 4 aromatic rings. The summed E-state index contributed by atoms with van der Waals surface area (Å²) >= 11 is 0. The first kappa shape index (κ1) is 25.3. The third kappa shape index (κ3) is 3.23. The van der Waals surface area contributed by atoms with Crippen LogP contribution in [0.3, 0.4) is 0 Å². The van der Waals surface area contributed by atoms with Crippen molar-refractivity contribution < 1.29 is 8.42 Å². The Morgan fingerprint density at radius 1 is 0.487 bits per heavy atom. The lowest BCUT2D eigenvalue weighted by Gasteiger charge is -2.34. The quantitative estimate of drug-likeness (QED) is 0.181. The Morgan fingerprint density at radius 2 is 0.846 bits per heavy atom.